The quantitative estimate of drug-likeness (QED) is 0.771. The van der Waals surface area contributed by atoms with Crippen LogP contribution in [0.15, 0.2) is 6.07 Å². The van der Waals surface area contributed by atoms with E-state index in [-0.39, 0.29) is 5.41 Å². The molecule has 1 heterocycles. The van der Waals surface area contributed by atoms with Gasteiger partial charge in [-0.2, -0.15) is 5.10 Å². The van der Waals surface area contributed by atoms with E-state index >= 15 is 0 Å². The van der Waals surface area contributed by atoms with E-state index in [1.54, 1.807) is 10.7 Å². The van der Waals surface area contributed by atoms with Crippen LogP contribution in [0, 0.1) is 0 Å². The maximum Gasteiger partial charge on any atom is 0.358 e. The predicted molar refractivity (Wildman–Crippen MR) is 61.2 cm³/mol. The average molecular weight is 225 g/mol. The van der Waals surface area contributed by atoms with E-state index in [9.17, 15) is 4.79 Å². The van der Waals surface area contributed by atoms with Gasteiger partial charge in [-0.05, 0) is 19.0 Å². The molecule has 0 fully saturated rings. The zero-order valence-electron chi connectivity index (χ0n) is 10.3. The maximum atomic E-state index is 11.3. The first kappa shape index (κ1) is 12.7. The number of esters is 1. The molecule has 0 aliphatic heterocycles. The van der Waals surface area contributed by atoms with E-state index in [1.807, 2.05) is 7.05 Å². The Bertz CT molecular complexity index is 383. The zero-order chi connectivity index (χ0) is 12.3. The molecule has 5 heteroatoms. The van der Waals surface area contributed by atoms with Crippen molar-refractivity contribution < 1.29 is 9.53 Å². The molecule has 0 atom stereocenters. The predicted octanol–water partition coefficient (Wildman–Crippen LogP) is 0.833. The number of nitrogens with two attached hydrogens (primary N) is 1. The van der Waals surface area contributed by atoms with Crippen molar-refractivity contribution in [2.75, 3.05) is 13.7 Å². The van der Waals surface area contributed by atoms with E-state index in [0.29, 0.717) is 12.2 Å². The number of nitrogens with zero attached hydrogens (tertiary/aromatic N) is 2. The minimum atomic E-state index is -0.412. The fourth-order valence-electron chi connectivity index (χ4n) is 1.79. The molecule has 1 aromatic heterocycles. The third kappa shape index (κ3) is 2.41. The van der Waals surface area contributed by atoms with Gasteiger partial charge in [0.25, 0.3) is 0 Å². The molecule has 16 heavy (non-hydrogen) atoms. The Morgan fingerprint density at radius 2 is 2.25 bits per heavy atom. The molecular formula is C11H19N3O2. The summed E-state index contributed by atoms with van der Waals surface area (Å²) in [5, 5.41) is 4.13. The highest BCUT2D eigenvalue weighted by molar-refractivity contribution is 5.87. The topological polar surface area (TPSA) is 70.1 Å². The molecule has 0 amide bonds. The summed E-state index contributed by atoms with van der Waals surface area (Å²) in [5.41, 5.74) is 6.80. The Labute approximate surface area is 95.6 Å². The van der Waals surface area contributed by atoms with Crippen molar-refractivity contribution in [3.8, 4) is 0 Å². The van der Waals surface area contributed by atoms with Crippen LogP contribution in [0.3, 0.4) is 0 Å². The summed E-state index contributed by atoms with van der Waals surface area (Å²) in [4.78, 5) is 11.3. The van der Waals surface area contributed by atoms with Crippen molar-refractivity contribution in [1.82, 2.24) is 9.78 Å². The Morgan fingerprint density at radius 1 is 1.62 bits per heavy atom. The summed E-state index contributed by atoms with van der Waals surface area (Å²) in [7, 11) is 3.17. The molecule has 0 saturated carbocycles. The van der Waals surface area contributed by atoms with E-state index in [2.05, 4.69) is 23.7 Å². The lowest BCUT2D eigenvalue weighted by molar-refractivity contribution is 0.0593. The Morgan fingerprint density at radius 3 is 2.75 bits per heavy atom. The lowest BCUT2D eigenvalue weighted by Crippen LogP contribution is -2.24. The van der Waals surface area contributed by atoms with Crippen molar-refractivity contribution in [3.63, 3.8) is 0 Å². The first-order chi connectivity index (χ1) is 7.42. The fraction of sp³-hybridized carbons (Fsp3) is 0.636. The van der Waals surface area contributed by atoms with Crippen LogP contribution in [0.25, 0.3) is 0 Å². The second-order valence-electron chi connectivity index (χ2n) is 4.45. The van der Waals surface area contributed by atoms with E-state index in [4.69, 9.17) is 5.73 Å². The van der Waals surface area contributed by atoms with E-state index in [0.717, 1.165) is 12.1 Å². The summed E-state index contributed by atoms with van der Waals surface area (Å²) in [6.45, 7) is 4.77. The normalized spacial score (nSPS) is 11.6. The van der Waals surface area contributed by atoms with Crippen LogP contribution >= 0.6 is 0 Å². The largest absolute Gasteiger partial charge is 0.464 e. The van der Waals surface area contributed by atoms with Gasteiger partial charge < -0.3 is 10.5 Å². The molecular weight excluding hydrogens is 206 g/mol. The molecule has 0 spiro atoms. The summed E-state index contributed by atoms with van der Waals surface area (Å²) in [6.07, 6.45) is 0.840. The smallest absolute Gasteiger partial charge is 0.358 e. The third-order valence-corrected chi connectivity index (χ3v) is 2.74. The molecule has 1 rings (SSSR count). The standard InChI is InChI=1S/C11H19N3O2/c1-11(2,5-6-12)9-7-8(10(15)16-4)13-14(9)3/h7H,5-6,12H2,1-4H3. The second kappa shape index (κ2) is 4.65. The number of aromatic nitrogens is 2. The van der Waals surface area contributed by atoms with Crippen molar-refractivity contribution in [2.45, 2.75) is 25.7 Å². The number of rotatable bonds is 4. The second-order valence-corrected chi connectivity index (χ2v) is 4.45. The van der Waals surface area contributed by atoms with Crippen LogP contribution in [0.2, 0.25) is 0 Å². The third-order valence-electron chi connectivity index (χ3n) is 2.74. The first-order valence-corrected chi connectivity index (χ1v) is 5.25. The van der Waals surface area contributed by atoms with Gasteiger partial charge in [0.1, 0.15) is 0 Å². The van der Waals surface area contributed by atoms with Gasteiger partial charge in [-0.25, -0.2) is 4.79 Å². The highest BCUT2D eigenvalue weighted by atomic mass is 16.5. The van der Waals surface area contributed by atoms with Gasteiger partial charge in [0.2, 0.25) is 0 Å². The lowest BCUT2D eigenvalue weighted by atomic mass is 9.85. The average Bonchev–Trinajstić information content (AvgIpc) is 2.60. The molecule has 0 saturated heterocycles. The number of aryl methyl sites for hydroxylation is 1. The first-order valence-electron chi connectivity index (χ1n) is 5.25. The number of carbonyl (C=O) groups excluding carboxylic acids is 1. The van der Waals surface area contributed by atoms with Crippen molar-refractivity contribution in [1.29, 1.82) is 0 Å². The summed E-state index contributed by atoms with van der Waals surface area (Å²) < 4.78 is 6.35. The number of hydrogen-bond donors (Lipinski definition) is 1. The summed E-state index contributed by atoms with van der Waals surface area (Å²) >= 11 is 0. The zero-order valence-corrected chi connectivity index (χ0v) is 10.3. The van der Waals surface area contributed by atoms with E-state index < -0.39 is 5.97 Å². The number of methoxy groups -OCH3 is 1. The van der Waals surface area contributed by atoms with Gasteiger partial charge in [-0.3, -0.25) is 4.68 Å². The van der Waals surface area contributed by atoms with Crippen molar-refractivity contribution in [3.05, 3.63) is 17.5 Å². The van der Waals surface area contributed by atoms with Crippen LogP contribution in [0.1, 0.15) is 36.5 Å². The van der Waals surface area contributed by atoms with Crippen molar-refractivity contribution in [2.24, 2.45) is 12.8 Å². The molecule has 90 valence electrons. The Kier molecular flexibility index (Phi) is 3.70. The van der Waals surface area contributed by atoms with Gasteiger partial charge in [0, 0.05) is 18.2 Å². The SMILES string of the molecule is COC(=O)c1cc(C(C)(C)CCN)n(C)n1. The van der Waals surface area contributed by atoms with E-state index in [1.165, 1.54) is 7.11 Å². The van der Waals surface area contributed by atoms with Crippen LogP contribution < -0.4 is 5.73 Å². The molecule has 0 radical (unpaired) electrons. The molecule has 2 N–H and O–H groups in total. The monoisotopic (exact) mass is 225 g/mol. The van der Waals surface area contributed by atoms with Gasteiger partial charge in [0.15, 0.2) is 5.69 Å². The van der Waals surface area contributed by atoms with Crippen molar-refractivity contribution >= 4 is 5.97 Å². The molecule has 0 aliphatic carbocycles. The molecule has 0 aromatic carbocycles. The minimum Gasteiger partial charge on any atom is -0.464 e. The molecule has 0 aliphatic rings. The summed E-state index contributed by atoms with van der Waals surface area (Å²) in [6, 6.07) is 1.77. The van der Waals surface area contributed by atoms with Crippen LogP contribution in [-0.4, -0.2) is 29.4 Å². The van der Waals surface area contributed by atoms with Gasteiger partial charge in [-0.15, -0.1) is 0 Å². The Hall–Kier alpha value is -1.36. The number of hydrogen-bond acceptors (Lipinski definition) is 4. The van der Waals surface area contributed by atoms with Gasteiger partial charge >= 0.3 is 5.97 Å². The molecule has 1 aromatic rings. The minimum absolute atomic E-state index is 0.0945. The van der Waals surface area contributed by atoms with Crippen LogP contribution in [0.4, 0.5) is 0 Å². The lowest BCUT2D eigenvalue weighted by Gasteiger charge is -2.23. The fourth-order valence-corrected chi connectivity index (χ4v) is 1.79. The molecule has 5 nitrogen and oxygen atoms in total. The highest BCUT2D eigenvalue weighted by Gasteiger charge is 2.25. The summed E-state index contributed by atoms with van der Waals surface area (Å²) in [5.74, 6) is -0.412. The van der Waals surface area contributed by atoms with Gasteiger partial charge in [0.05, 0.1) is 7.11 Å². The van der Waals surface area contributed by atoms with Crippen LogP contribution in [0.5, 0.6) is 0 Å². The Balaban J connectivity index is 3.06. The number of carbonyl (C=O) groups is 1. The van der Waals surface area contributed by atoms with Crippen LogP contribution in [-0.2, 0) is 17.2 Å². The maximum absolute atomic E-state index is 11.3. The molecule has 0 bridgehead atoms. The number of ether oxygens (including phenoxy) is 1. The van der Waals surface area contributed by atoms with Gasteiger partial charge in [-0.1, -0.05) is 13.8 Å². The molecule has 0 unspecified atom stereocenters. The highest BCUT2D eigenvalue weighted by Crippen LogP contribution is 2.26.